The summed E-state index contributed by atoms with van der Waals surface area (Å²) in [5.41, 5.74) is 8.44. The van der Waals surface area contributed by atoms with Crippen molar-refractivity contribution in [1.29, 1.82) is 0 Å². The summed E-state index contributed by atoms with van der Waals surface area (Å²) >= 11 is 21.4. The molecule has 3 N–H and O–H groups in total. The molecule has 140 valence electrons. The second kappa shape index (κ2) is 8.52. The molecule has 0 atom stereocenters. The van der Waals surface area contributed by atoms with E-state index in [2.05, 4.69) is 26.2 Å². The number of carbonyl (C=O) groups excluding carboxylic acids is 1. The van der Waals surface area contributed by atoms with E-state index in [9.17, 15) is 4.79 Å². The molecule has 0 bridgehead atoms. The number of nitrogens with zero attached hydrogens (tertiary/aromatic N) is 2. The second-order valence-corrected chi connectivity index (χ2v) is 7.81. The van der Waals surface area contributed by atoms with Gasteiger partial charge in [0.25, 0.3) is 0 Å². The van der Waals surface area contributed by atoms with E-state index in [-0.39, 0.29) is 12.5 Å². The van der Waals surface area contributed by atoms with Crippen LogP contribution >= 0.6 is 50.7 Å². The molecule has 3 rings (SSSR count). The fourth-order valence-corrected chi connectivity index (χ4v) is 3.60. The molecule has 0 saturated carbocycles. The summed E-state index contributed by atoms with van der Waals surface area (Å²) in [6.07, 6.45) is 2.31. The highest BCUT2D eigenvalue weighted by atomic mass is 79.9. The number of anilines is 2. The van der Waals surface area contributed by atoms with E-state index in [1.165, 1.54) is 0 Å². The molecule has 9 heteroatoms. The van der Waals surface area contributed by atoms with Crippen LogP contribution in [0.2, 0.25) is 15.1 Å². The number of hydrogen-bond acceptors (Lipinski definition) is 3. The second-order valence-electron chi connectivity index (χ2n) is 5.82. The molecule has 1 aromatic heterocycles. The van der Waals surface area contributed by atoms with Crippen LogP contribution in [0, 0.1) is 0 Å². The standard InChI is InChI=1S/C18H14BrCl3N4O/c19-18-24-13(5-10-1-2-11(20)6-14(10)22)8-26(18)9-17(27)25-16-4-3-12(21)7-15(16)23/h1-4,6-8H,5,9,23H2,(H,25,27). The first-order chi connectivity index (χ1) is 12.8. The Bertz CT molecular complexity index is 1010. The molecule has 0 fully saturated rings. The number of nitrogens with two attached hydrogens (primary N) is 1. The van der Waals surface area contributed by atoms with E-state index in [1.54, 1.807) is 41.1 Å². The Balaban J connectivity index is 1.69. The number of benzene rings is 2. The van der Waals surface area contributed by atoms with Crippen molar-refractivity contribution in [3.63, 3.8) is 0 Å². The van der Waals surface area contributed by atoms with Gasteiger partial charge < -0.3 is 15.6 Å². The molecule has 0 aliphatic heterocycles. The summed E-state index contributed by atoms with van der Waals surface area (Å²) in [6.45, 7) is 0.0734. The van der Waals surface area contributed by atoms with Gasteiger partial charge >= 0.3 is 0 Å². The molecule has 0 unspecified atom stereocenters. The highest BCUT2D eigenvalue weighted by Gasteiger charge is 2.12. The quantitative estimate of drug-likeness (QED) is 0.471. The van der Waals surface area contributed by atoms with E-state index in [0.717, 1.165) is 11.3 Å². The summed E-state index contributed by atoms with van der Waals surface area (Å²) in [4.78, 5) is 16.8. The Labute approximate surface area is 179 Å². The van der Waals surface area contributed by atoms with Gasteiger partial charge in [-0.1, -0.05) is 40.9 Å². The molecule has 0 aliphatic rings. The van der Waals surface area contributed by atoms with Gasteiger partial charge in [0, 0.05) is 27.7 Å². The monoisotopic (exact) mass is 486 g/mol. The maximum Gasteiger partial charge on any atom is 0.244 e. The number of nitrogens with one attached hydrogen (secondary N) is 1. The maximum atomic E-state index is 12.3. The van der Waals surface area contributed by atoms with Gasteiger partial charge in [-0.2, -0.15) is 0 Å². The minimum absolute atomic E-state index is 0.0734. The molecule has 1 heterocycles. The third-order valence-electron chi connectivity index (χ3n) is 3.77. The van der Waals surface area contributed by atoms with Gasteiger partial charge in [-0.05, 0) is 51.8 Å². The number of halogens is 4. The highest BCUT2D eigenvalue weighted by Crippen LogP contribution is 2.25. The largest absolute Gasteiger partial charge is 0.397 e. The molecular formula is C18H14BrCl3N4O. The van der Waals surface area contributed by atoms with Gasteiger partial charge in [0.1, 0.15) is 6.54 Å². The zero-order valence-electron chi connectivity index (χ0n) is 13.8. The molecule has 0 saturated heterocycles. The summed E-state index contributed by atoms with van der Waals surface area (Å²) < 4.78 is 2.24. The lowest BCUT2D eigenvalue weighted by Crippen LogP contribution is -2.19. The van der Waals surface area contributed by atoms with Crippen LogP contribution in [0.25, 0.3) is 0 Å². The number of nitrogen functional groups attached to an aromatic ring is 1. The van der Waals surface area contributed by atoms with Crippen molar-refractivity contribution in [3.8, 4) is 0 Å². The minimum atomic E-state index is -0.238. The van der Waals surface area contributed by atoms with Crippen molar-refractivity contribution in [1.82, 2.24) is 9.55 Å². The van der Waals surface area contributed by atoms with E-state index in [4.69, 9.17) is 40.5 Å². The molecule has 5 nitrogen and oxygen atoms in total. The average Bonchev–Trinajstić information content (AvgIpc) is 2.92. The fraction of sp³-hybridized carbons (Fsp3) is 0.111. The maximum absolute atomic E-state index is 12.3. The Kier molecular flexibility index (Phi) is 6.32. The van der Waals surface area contributed by atoms with Crippen LogP contribution in [-0.2, 0) is 17.8 Å². The first-order valence-corrected chi connectivity index (χ1v) is 9.75. The molecule has 0 radical (unpaired) electrons. The predicted octanol–water partition coefficient (Wildman–Crippen LogP) is 5.42. The van der Waals surface area contributed by atoms with E-state index >= 15 is 0 Å². The third-order valence-corrected chi connectivity index (χ3v) is 5.22. The SMILES string of the molecule is Nc1cc(Cl)ccc1NC(=O)Cn1cc(Cc2ccc(Cl)cc2Cl)nc1Br. The van der Waals surface area contributed by atoms with Crippen LogP contribution in [0.3, 0.4) is 0 Å². The summed E-state index contributed by atoms with van der Waals surface area (Å²) in [5, 5.41) is 4.42. The van der Waals surface area contributed by atoms with Gasteiger partial charge in [0.15, 0.2) is 4.73 Å². The smallest absolute Gasteiger partial charge is 0.244 e. The molecule has 1 amide bonds. The van der Waals surface area contributed by atoms with Crippen LogP contribution in [-0.4, -0.2) is 15.5 Å². The van der Waals surface area contributed by atoms with Crippen molar-refractivity contribution in [2.45, 2.75) is 13.0 Å². The zero-order chi connectivity index (χ0) is 19.6. The molecular weight excluding hydrogens is 474 g/mol. The number of carbonyl (C=O) groups is 1. The molecule has 27 heavy (non-hydrogen) atoms. The molecule has 0 aliphatic carbocycles. The van der Waals surface area contributed by atoms with Crippen LogP contribution in [0.15, 0.2) is 47.3 Å². The lowest BCUT2D eigenvalue weighted by atomic mass is 10.1. The summed E-state index contributed by atoms with van der Waals surface area (Å²) in [6, 6.07) is 10.2. The van der Waals surface area contributed by atoms with Crippen molar-refractivity contribution in [3.05, 3.63) is 73.7 Å². The number of rotatable bonds is 5. The number of amides is 1. The Hall–Kier alpha value is -1.73. The Morgan fingerprint density at radius 3 is 2.56 bits per heavy atom. The lowest BCUT2D eigenvalue weighted by Gasteiger charge is -2.09. The van der Waals surface area contributed by atoms with Crippen molar-refractivity contribution in [2.24, 2.45) is 0 Å². The molecule has 3 aromatic rings. The predicted molar refractivity (Wildman–Crippen MR) is 114 cm³/mol. The zero-order valence-corrected chi connectivity index (χ0v) is 17.7. The average molecular weight is 489 g/mol. The first-order valence-electron chi connectivity index (χ1n) is 7.82. The Morgan fingerprint density at radius 2 is 1.85 bits per heavy atom. The van der Waals surface area contributed by atoms with E-state index in [1.807, 2.05) is 6.07 Å². The van der Waals surface area contributed by atoms with E-state index in [0.29, 0.717) is 37.6 Å². The van der Waals surface area contributed by atoms with Crippen molar-refractivity contribution in [2.75, 3.05) is 11.1 Å². The van der Waals surface area contributed by atoms with Gasteiger partial charge in [-0.25, -0.2) is 4.98 Å². The Morgan fingerprint density at radius 1 is 1.15 bits per heavy atom. The summed E-state index contributed by atoms with van der Waals surface area (Å²) in [5.74, 6) is -0.238. The minimum Gasteiger partial charge on any atom is -0.397 e. The number of aromatic nitrogens is 2. The number of imidazole rings is 1. The molecule has 0 spiro atoms. The van der Waals surface area contributed by atoms with Crippen molar-refractivity contribution >= 4 is 68.0 Å². The molecule has 2 aromatic carbocycles. The van der Waals surface area contributed by atoms with Crippen LogP contribution < -0.4 is 11.1 Å². The fourth-order valence-electron chi connectivity index (χ4n) is 2.49. The first kappa shape index (κ1) is 20.0. The van der Waals surface area contributed by atoms with E-state index < -0.39 is 0 Å². The number of hydrogen-bond donors (Lipinski definition) is 2. The van der Waals surface area contributed by atoms with Gasteiger partial charge in [-0.15, -0.1) is 0 Å². The van der Waals surface area contributed by atoms with Gasteiger partial charge in [0.05, 0.1) is 17.1 Å². The third kappa shape index (κ3) is 5.17. The highest BCUT2D eigenvalue weighted by molar-refractivity contribution is 9.10. The van der Waals surface area contributed by atoms with Crippen LogP contribution in [0.4, 0.5) is 11.4 Å². The summed E-state index contributed by atoms with van der Waals surface area (Å²) in [7, 11) is 0. The van der Waals surface area contributed by atoms with Gasteiger partial charge in [0.2, 0.25) is 5.91 Å². The van der Waals surface area contributed by atoms with Crippen LogP contribution in [0.1, 0.15) is 11.3 Å². The van der Waals surface area contributed by atoms with Gasteiger partial charge in [-0.3, -0.25) is 4.79 Å². The van der Waals surface area contributed by atoms with Crippen molar-refractivity contribution < 1.29 is 4.79 Å². The topological polar surface area (TPSA) is 72.9 Å². The van der Waals surface area contributed by atoms with Crippen LogP contribution in [0.5, 0.6) is 0 Å². The normalized spacial score (nSPS) is 10.8. The lowest BCUT2D eigenvalue weighted by molar-refractivity contribution is -0.116.